The monoisotopic (exact) mass is 391 g/mol. The Bertz CT molecular complexity index is 1150. The van der Waals surface area contributed by atoms with Crippen LogP contribution in [-0.4, -0.2) is 14.3 Å². The molecule has 0 saturated carbocycles. The van der Waals surface area contributed by atoms with Gasteiger partial charge in [-0.25, -0.2) is 8.42 Å². The first-order valence-corrected chi connectivity index (χ1v) is 9.87. The van der Waals surface area contributed by atoms with Crippen LogP contribution in [0.5, 0.6) is 0 Å². The maximum Gasteiger partial charge on any atom is 0.261 e. The van der Waals surface area contributed by atoms with Gasteiger partial charge in [0.25, 0.3) is 15.9 Å². The molecule has 3 rings (SSSR count). The van der Waals surface area contributed by atoms with Crippen molar-refractivity contribution < 1.29 is 13.2 Å². The third-order valence-electron chi connectivity index (χ3n) is 3.98. The van der Waals surface area contributed by atoms with E-state index in [0.717, 1.165) is 5.56 Å². The van der Waals surface area contributed by atoms with E-state index in [1.54, 1.807) is 18.2 Å². The molecule has 7 heteroatoms. The molecular formula is C21H17N3O3S. The van der Waals surface area contributed by atoms with Crippen LogP contribution in [0.2, 0.25) is 0 Å². The SMILES string of the molecule is Cc1ccc(NC(=O)c2cccc(S(=O)(=O)Nc3ccc(C#N)cc3)c2)cc1. The van der Waals surface area contributed by atoms with E-state index >= 15 is 0 Å². The summed E-state index contributed by atoms with van der Waals surface area (Å²) < 4.78 is 27.7. The van der Waals surface area contributed by atoms with Gasteiger partial charge < -0.3 is 5.32 Å². The zero-order valence-electron chi connectivity index (χ0n) is 15.0. The molecule has 28 heavy (non-hydrogen) atoms. The van der Waals surface area contributed by atoms with Crippen molar-refractivity contribution in [2.24, 2.45) is 0 Å². The molecule has 0 bridgehead atoms. The van der Waals surface area contributed by atoms with Crippen molar-refractivity contribution in [1.82, 2.24) is 0 Å². The first-order chi connectivity index (χ1) is 13.4. The van der Waals surface area contributed by atoms with Gasteiger partial charge in [-0.2, -0.15) is 5.26 Å². The first kappa shape index (κ1) is 19.1. The fourth-order valence-corrected chi connectivity index (χ4v) is 3.58. The maximum atomic E-state index is 12.6. The number of hydrogen-bond acceptors (Lipinski definition) is 4. The summed E-state index contributed by atoms with van der Waals surface area (Å²) >= 11 is 0. The molecule has 2 N–H and O–H groups in total. The summed E-state index contributed by atoms with van der Waals surface area (Å²) in [7, 11) is -3.88. The van der Waals surface area contributed by atoms with E-state index in [1.807, 2.05) is 25.1 Å². The minimum atomic E-state index is -3.88. The molecule has 0 fully saturated rings. The zero-order valence-corrected chi connectivity index (χ0v) is 15.8. The molecule has 3 aromatic carbocycles. The van der Waals surface area contributed by atoms with Gasteiger partial charge in [-0.1, -0.05) is 23.8 Å². The molecule has 0 aliphatic carbocycles. The second-order valence-electron chi connectivity index (χ2n) is 6.14. The molecule has 140 valence electrons. The summed E-state index contributed by atoms with van der Waals surface area (Å²) in [5, 5.41) is 11.6. The van der Waals surface area contributed by atoms with Crippen LogP contribution in [0, 0.1) is 18.3 Å². The quantitative estimate of drug-likeness (QED) is 0.688. The molecule has 3 aromatic rings. The molecule has 0 atom stereocenters. The average Bonchev–Trinajstić information content (AvgIpc) is 2.70. The third kappa shape index (κ3) is 4.55. The van der Waals surface area contributed by atoms with Gasteiger partial charge in [0.15, 0.2) is 0 Å². The second-order valence-corrected chi connectivity index (χ2v) is 7.83. The Morgan fingerprint density at radius 3 is 2.21 bits per heavy atom. The van der Waals surface area contributed by atoms with E-state index in [-0.39, 0.29) is 10.5 Å². The normalized spacial score (nSPS) is 10.7. The number of carbonyl (C=O) groups excluding carboxylic acids is 1. The number of anilines is 2. The van der Waals surface area contributed by atoms with Crippen molar-refractivity contribution in [3.63, 3.8) is 0 Å². The Morgan fingerprint density at radius 1 is 0.929 bits per heavy atom. The molecule has 1 amide bonds. The molecule has 0 saturated heterocycles. The summed E-state index contributed by atoms with van der Waals surface area (Å²) in [5.74, 6) is -0.403. The first-order valence-electron chi connectivity index (χ1n) is 8.38. The molecule has 0 unspecified atom stereocenters. The van der Waals surface area contributed by atoms with Gasteiger partial charge >= 0.3 is 0 Å². The number of rotatable bonds is 5. The molecule has 0 heterocycles. The second kappa shape index (κ2) is 7.94. The van der Waals surface area contributed by atoms with Gasteiger partial charge in [-0.05, 0) is 61.5 Å². The van der Waals surface area contributed by atoms with Crippen LogP contribution in [0.25, 0.3) is 0 Å². The largest absolute Gasteiger partial charge is 0.322 e. The summed E-state index contributed by atoms with van der Waals surface area (Å²) in [5.41, 5.74) is 2.68. The number of benzene rings is 3. The van der Waals surface area contributed by atoms with Gasteiger partial charge in [0.1, 0.15) is 0 Å². The minimum Gasteiger partial charge on any atom is -0.322 e. The Hall–Kier alpha value is -3.63. The average molecular weight is 391 g/mol. The summed E-state index contributed by atoms with van der Waals surface area (Å²) in [6.07, 6.45) is 0. The number of amides is 1. The molecule has 0 aliphatic rings. The fraction of sp³-hybridized carbons (Fsp3) is 0.0476. The van der Waals surface area contributed by atoms with Crippen molar-refractivity contribution in [3.05, 3.63) is 89.5 Å². The summed E-state index contributed by atoms with van der Waals surface area (Å²) in [6.45, 7) is 1.95. The lowest BCUT2D eigenvalue weighted by atomic mass is 10.2. The minimum absolute atomic E-state index is 0.0339. The van der Waals surface area contributed by atoms with Crippen LogP contribution in [0.3, 0.4) is 0 Å². The number of nitrogens with one attached hydrogen (secondary N) is 2. The predicted molar refractivity (Wildman–Crippen MR) is 108 cm³/mol. The maximum absolute atomic E-state index is 12.6. The number of aryl methyl sites for hydroxylation is 1. The number of nitrogens with zero attached hydrogens (tertiary/aromatic N) is 1. The van der Waals surface area contributed by atoms with Gasteiger partial charge in [0.05, 0.1) is 16.5 Å². The van der Waals surface area contributed by atoms with Crippen molar-refractivity contribution in [2.75, 3.05) is 10.0 Å². The highest BCUT2D eigenvalue weighted by Gasteiger charge is 2.17. The Kier molecular flexibility index (Phi) is 5.43. The molecule has 6 nitrogen and oxygen atoms in total. The molecule has 0 aromatic heterocycles. The number of sulfonamides is 1. The lowest BCUT2D eigenvalue weighted by Gasteiger charge is -2.10. The summed E-state index contributed by atoms with van der Waals surface area (Å²) in [6, 6.07) is 21.1. The standard InChI is InChI=1S/C21H17N3O3S/c1-15-5-9-18(10-6-15)23-21(25)17-3-2-4-20(13-17)28(26,27)24-19-11-7-16(14-22)8-12-19/h2-13,24H,1H3,(H,23,25). The Labute approximate surface area is 163 Å². The smallest absolute Gasteiger partial charge is 0.261 e. The van der Waals surface area contributed by atoms with E-state index < -0.39 is 15.9 Å². The van der Waals surface area contributed by atoms with E-state index in [9.17, 15) is 13.2 Å². The van der Waals surface area contributed by atoms with E-state index in [1.165, 1.54) is 42.5 Å². The van der Waals surface area contributed by atoms with Crippen molar-refractivity contribution in [2.45, 2.75) is 11.8 Å². The molecule has 0 aliphatic heterocycles. The molecular weight excluding hydrogens is 374 g/mol. The summed E-state index contributed by atoms with van der Waals surface area (Å²) in [4.78, 5) is 12.4. The van der Waals surface area contributed by atoms with E-state index in [4.69, 9.17) is 5.26 Å². The highest BCUT2D eigenvalue weighted by molar-refractivity contribution is 7.92. The van der Waals surface area contributed by atoms with Crippen LogP contribution in [0.4, 0.5) is 11.4 Å². The zero-order chi connectivity index (χ0) is 20.1. The Balaban J connectivity index is 1.79. The van der Waals surface area contributed by atoms with E-state index in [0.29, 0.717) is 16.9 Å². The van der Waals surface area contributed by atoms with Crippen molar-refractivity contribution in [3.8, 4) is 6.07 Å². The van der Waals surface area contributed by atoms with Gasteiger partial charge in [0, 0.05) is 16.9 Å². The third-order valence-corrected chi connectivity index (χ3v) is 5.36. The lowest BCUT2D eigenvalue weighted by Crippen LogP contribution is -2.16. The lowest BCUT2D eigenvalue weighted by molar-refractivity contribution is 0.102. The fourth-order valence-electron chi connectivity index (χ4n) is 2.47. The molecule has 0 radical (unpaired) electrons. The number of hydrogen-bond donors (Lipinski definition) is 2. The van der Waals surface area contributed by atoms with E-state index in [2.05, 4.69) is 10.0 Å². The van der Waals surface area contributed by atoms with Crippen molar-refractivity contribution >= 4 is 27.3 Å². The topological polar surface area (TPSA) is 99.1 Å². The van der Waals surface area contributed by atoms with Crippen LogP contribution >= 0.6 is 0 Å². The van der Waals surface area contributed by atoms with Crippen LogP contribution < -0.4 is 10.0 Å². The number of carbonyl (C=O) groups is 1. The predicted octanol–water partition coefficient (Wildman–Crippen LogP) is 3.92. The highest BCUT2D eigenvalue weighted by atomic mass is 32.2. The Morgan fingerprint density at radius 2 is 1.57 bits per heavy atom. The highest BCUT2D eigenvalue weighted by Crippen LogP contribution is 2.19. The van der Waals surface area contributed by atoms with Crippen molar-refractivity contribution in [1.29, 1.82) is 5.26 Å². The van der Waals surface area contributed by atoms with Crippen LogP contribution in [-0.2, 0) is 10.0 Å². The van der Waals surface area contributed by atoms with Gasteiger partial charge in [-0.15, -0.1) is 0 Å². The van der Waals surface area contributed by atoms with Gasteiger partial charge in [0.2, 0.25) is 0 Å². The van der Waals surface area contributed by atoms with Crippen LogP contribution in [0.1, 0.15) is 21.5 Å². The van der Waals surface area contributed by atoms with Crippen LogP contribution in [0.15, 0.2) is 77.7 Å². The van der Waals surface area contributed by atoms with Gasteiger partial charge in [-0.3, -0.25) is 9.52 Å². The molecule has 0 spiro atoms. The number of nitriles is 1.